The maximum absolute atomic E-state index is 5.40. The smallest absolute Gasteiger partial charge is 0.110 e. The largest absolute Gasteiger partial charge is 0.330 e. The van der Waals surface area contributed by atoms with E-state index in [-0.39, 0.29) is 0 Å². The topological polar surface area (TPSA) is 50.9 Å². The zero-order valence-corrected chi connectivity index (χ0v) is 9.03. The first-order valence-corrected chi connectivity index (χ1v) is 5.47. The SMILES string of the molecule is Cc1csc(C(C)NCCCN)n1. The minimum Gasteiger partial charge on any atom is -0.330 e. The molecule has 0 bridgehead atoms. The van der Waals surface area contributed by atoms with E-state index < -0.39 is 0 Å². The third-order valence-electron chi connectivity index (χ3n) is 1.84. The van der Waals surface area contributed by atoms with Gasteiger partial charge in [0.15, 0.2) is 0 Å². The third-order valence-corrected chi connectivity index (χ3v) is 2.98. The molecule has 74 valence electrons. The van der Waals surface area contributed by atoms with Crippen molar-refractivity contribution in [3.63, 3.8) is 0 Å². The Morgan fingerprint density at radius 1 is 1.69 bits per heavy atom. The van der Waals surface area contributed by atoms with Crippen LogP contribution in [-0.4, -0.2) is 18.1 Å². The Balaban J connectivity index is 2.35. The number of rotatable bonds is 5. The van der Waals surface area contributed by atoms with Gasteiger partial charge in [-0.25, -0.2) is 4.98 Å². The molecule has 0 saturated carbocycles. The summed E-state index contributed by atoms with van der Waals surface area (Å²) in [4.78, 5) is 4.41. The molecule has 1 aromatic heterocycles. The normalized spacial score (nSPS) is 13.2. The van der Waals surface area contributed by atoms with Gasteiger partial charge in [0.2, 0.25) is 0 Å². The molecule has 0 aliphatic rings. The van der Waals surface area contributed by atoms with Crippen LogP contribution in [0, 0.1) is 6.92 Å². The van der Waals surface area contributed by atoms with E-state index in [9.17, 15) is 0 Å². The Morgan fingerprint density at radius 2 is 2.46 bits per heavy atom. The van der Waals surface area contributed by atoms with Crippen molar-refractivity contribution >= 4 is 11.3 Å². The molecule has 1 atom stereocenters. The van der Waals surface area contributed by atoms with Crippen molar-refractivity contribution in [2.24, 2.45) is 5.73 Å². The van der Waals surface area contributed by atoms with Crippen molar-refractivity contribution < 1.29 is 0 Å². The summed E-state index contributed by atoms with van der Waals surface area (Å²) in [6.45, 7) is 5.87. The standard InChI is InChI=1S/C9H17N3S/c1-7-6-13-9(12-7)8(2)11-5-3-4-10/h6,8,11H,3-5,10H2,1-2H3. The number of thiazole rings is 1. The van der Waals surface area contributed by atoms with Gasteiger partial charge in [-0.3, -0.25) is 0 Å². The Morgan fingerprint density at radius 3 is 3.00 bits per heavy atom. The zero-order chi connectivity index (χ0) is 9.68. The van der Waals surface area contributed by atoms with Crippen LogP contribution < -0.4 is 11.1 Å². The van der Waals surface area contributed by atoms with Gasteiger partial charge in [0.05, 0.1) is 6.04 Å². The van der Waals surface area contributed by atoms with Crippen molar-refractivity contribution in [3.05, 3.63) is 16.1 Å². The highest BCUT2D eigenvalue weighted by Crippen LogP contribution is 2.16. The predicted octanol–water partition coefficient (Wildman–Crippen LogP) is 1.45. The Kier molecular flexibility index (Phi) is 4.35. The zero-order valence-electron chi connectivity index (χ0n) is 8.21. The van der Waals surface area contributed by atoms with E-state index in [1.54, 1.807) is 11.3 Å². The van der Waals surface area contributed by atoms with Gasteiger partial charge >= 0.3 is 0 Å². The van der Waals surface area contributed by atoms with Gasteiger partial charge in [0.1, 0.15) is 5.01 Å². The van der Waals surface area contributed by atoms with Crippen molar-refractivity contribution in [1.29, 1.82) is 0 Å². The maximum Gasteiger partial charge on any atom is 0.110 e. The van der Waals surface area contributed by atoms with Crippen molar-refractivity contribution in [3.8, 4) is 0 Å². The lowest BCUT2D eigenvalue weighted by Crippen LogP contribution is -2.21. The average Bonchev–Trinajstić information content (AvgIpc) is 2.52. The minimum absolute atomic E-state index is 0.352. The quantitative estimate of drug-likeness (QED) is 0.706. The summed E-state index contributed by atoms with van der Waals surface area (Å²) in [5, 5.41) is 6.62. The van der Waals surface area contributed by atoms with E-state index in [0.717, 1.165) is 30.2 Å². The second-order valence-electron chi connectivity index (χ2n) is 3.15. The molecule has 4 heteroatoms. The number of aryl methyl sites for hydroxylation is 1. The molecule has 13 heavy (non-hydrogen) atoms. The summed E-state index contributed by atoms with van der Waals surface area (Å²) in [5.41, 5.74) is 6.51. The van der Waals surface area contributed by atoms with E-state index in [0.29, 0.717) is 6.04 Å². The molecule has 3 nitrogen and oxygen atoms in total. The van der Waals surface area contributed by atoms with E-state index in [4.69, 9.17) is 5.73 Å². The number of aromatic nitrogens is 1. The van der Waals surface area contributed by atoms with Crippen molar-refractivity contribution in [2.75, 3.05) is 13.1 Å². The molecule has 1 rings (SSSR count). The van der Waals surface area contributed by atoms with Crippen molar-refractivity contribution in [1.82, 2.24) is 10.3 Å². The Hall–Kier alpha value is -0.450. The summed E-state index contributed by atoms with van der Waals surface area (Å²) < 4.78 is 0. The Bertz CT molecular complexity index is 247. The molecule has 0 amide bonds. The van der Waals surface area contributed by atoms with Gasteiger partial charge in [-0.2, -0.15) is 0 Å². The monoisotopic (exact) mass is 199 g/mol. The molecule has 1 unspecified atom stereocenters. The first-order chi connectivity index (χ1) is 6.24. The highest BCUT2D eigenvalue weighted by molar-refractivity contribution is 7.09. The summed E-state index contributed by atoms with van der Waals surface area (Å²) in [6.07, 6.45) is 1.02. The summed E-state index contributed by atoms with van der Waals surface area (Å²) in [7, 11) is 0. The van der Waals surface area contributed by atoms with Gasteiger partial charge in [-0.05, 0) is 33.4 Å². The summed E-state index contributed by atoms with van der Waals surface area (Å²) in [5.74, 6) is 0. The molecule has 0 aliphatic heterocycles. The molecule has 1 heterocycles. The lowest BCUT2D eigenvalue weighted by atomic mass is 10.3. The number of hydrogen-bond acceptors (Lipinski definition) is 4. The van der Waals surface area contributed by atoms with Crippen LogP contribution in [0.2, 0.25) is 0 Å². The fraction of sp³-hybridized carbons (Fsp3) is 0.667. The van der Waals surface area contributed by atoms with Crippen LogP contribution in [0.25, 0.3) is 0 Å². The fourth-order valence-electron chi connectivity index (χ4n) is 1.08. The average molecular weight is 199 g/mol. The van der Waals surface area contributed by atoms with Gasteiger partial charge in [-0.15, -0.1) is 11.3 Å². The molecular weight excluding hydrogens is 182 g/mol. The Labute approximate surface area is 83.4 Å². The fourth-order valence-corrected chi connectivity index (χ4v) is 1.91. The molecule has 0 radical (unpaired) electrons. The molecule has 0 spiro atoms. The first kappa shape index (κ1) is 10.6. The number of hydrogen-bond donors (Lipinski definition) is 2. The maximum atomic E-state index is 5.40. The van der Waals surface area contributed by atoms with Crippen LogP contribution in [0.5, 0.6) is 0 Å². The van der Waals surface area contributed by atoms with E-state index in [2.05, 4.69) is 22.6 Å². The second-order valence-corrected chi connectivity index (χ2v) is 4.03. The van der Waals surface area contributed by atoms with Gasteiger partial charge < -0.3 is 11.1 Å². The minimum atomic E-state index is 0.352. The van der Waals surface area contributed by atoms with E-state index >= 15 is 0 Å². The lowest BCUT2D eigenvalue weighted by Gasteiger charge is -2.09. The molecule has 0 fully saturated rings. The number of nitrogens with two attached hydrogens (primary N) is 1. The van der Waals surface area contributed by atoms with Crippen LogP contribution in [0.3, 0.4) is 0 Å². The van der Waals surface area contributed by atoms with Crippen LogP contribution >= 0.6 is 11.3 Å². The van der Waals surface area contributed by atoms with Gasteiger partial charge in [0, 0.05) is 11.1 Å². The molecular formula is C9H17N3S. The van der Waals surface area contributed by atoms with Crippen LogP contribution in [0.4, 0.5) is 0 Å². The van der Waals surface area contributed by atoms with Crippen LogP contribution in [-0.2, 0) is 0 Å². The number of nitrogens with one attached hydrogen (secondary N) is 1. The van der Waals surface area contributed by atoms with Crippen molar-refractivity contribution in [2.45, 2.75) is 26.3 Å². The first-order valence-electron chi connectivity index (χ1n) is 4.59. The molecule has 0 aromatic carbocycles. The lowest BCUT2D eigenvalue weighted by molar-refractivity contribution is 0.559. The molecule has 0 aliphatic carbocycles. The van der Waals surface area contributed by atoms with Crippen LogP contribution in [0.1, 0.15) is 30.1 Å². The number of nitrogens with zero attached hydrogens (tertiary/aromatic N) is 1. The highest BCUT2D eigenvalue weighted by atomic mass is 32.1. The van der Waals surface area contributed by atoms with E-state index in [1.165, 1.54) is 0 Å². The third kappa shape index (κ3) is 3.42. The van der Waals surface area contributed by atoms with Gasteiger partial charge in [0.25, 0.3) is 0 Å². The van der Waals surface area contributed by atoms with E-state index in [1.807, 2.05) is 6.92 Å². The summed E-state index contributed by atoms with van der Waals surface area (Å²) in [6, 6.07) is 0.352. The highest BCUT2D eigenvalue weighted by Gasteiger charge is 2.07. The molecule has 3 N–H and O–H groups in total. The summed E-state index contributed by atoms with van der Waals surface area (Å²) >= 11 is 1.71. The van der Waals surface area contributed by atoms with Gasteiger partial charge in [-0.1, -0.05) is 0 Å². The second kappa shape index (κ2) is 5.32. The molecule has 0 saturated heterocycles. The molecule has 1 aromatic rings. The van der Waals surface area contributed by atoms with Crippen LogP contribution in [0.15, 0.2) is 5.38 Å². The predicted molar refractivity (Wildman–Crippen MR) is 56.9 cm³/mol.